The highest BCUT2D eigenvalue weighted by Crippen LogP contribution is 2.61. The summed E-state index contributed by atoms with van der Waals surface area (Å²) in [5, 5.41) is 12.1. The average Bonchev–Trinajstić information content (AvgIpc) is 3.13. The fraction of sp³-hybridized carbons (Fsp3) is 0.526. The fourth-order valence-corrected chi connectivity index (χ4v) is 4.27. The van der Waals surface area contributed by atoms with E-state index in [1.165, 1.54) is 32.1 Å². The monoisotopic (exact) mass is 341 g/mol. The number of carboxylic acid groups (broad SMARTS) is 1. The molecule has 4 rings (SSSR count). The Morgan fingerprint density at radius 3 is 2.84 bits per heavy atom. The molecule has 1 unspecified atom stereocenters. The maximum absolute atomic E-state index is 12.4. The molecule has 2 saturated carbocycles. The Balaban J connectivity index is 1.32. The summed E-state index contributed by atoms with van der Waals surface area (Å²) in [7, 11) is 0. The third kappa shape index (κ3) is 3.13. The van der Waals surface area contributed by atoms with Gasteiger partial charge in [-0.25, -0.2) is 9.78 Å². The Morgan fingerprint density at radius 2 is 2.08 bits per heavy atom. The van der Waals surface area contributed by atoms with Crippen molar-refractivity contribution in [3.63, 3.8) is 0 Å². The highest BCUT2D eigenvalue weighted by atomic mass is 16.4. The van der Waals surface area contributed by atoms with Crippen LogP contribution in [-0.2, 0) is 11.2 Å². The molecule has 2 aromatic rings. The summed E-state index contributed by atoms with van der Waals surface area (Å²) < 4.78 is 0. The Hall–Kier alpha value is -2.37. The van der Waals surface area contributed by atoms with Crippen LogP contribution in [0.2, 0.25) is 0 Å². The van der Waals surface area contributed by atoms with Crippen LogP contribution in [0.25, 0.3) is 11.0 Å². The number of rotatable bonds is 5. The van der Waals surface area contributed by atoms with Gasteiger partial charge < -0.3 is 15.4 Å². The van der Waals surface area contributed by atoms with Gasteiger partial charge in [-0.05, 0) is 42.9 Å². The molecule has 132 valence electrons. The smallest absolute Gasteiger partial charge is 0.335 e. The second kappa shape index (κ2) is 6.17. The predicted octanol–water partition coefficient (Wildman–Crippen LogP) is 2.89. The maximum Gasteiger partial charge on any atom is 0.335 e. The number of carbonyl (C=O) groups is 2. The number of hydrogen-bond donors (Lipinski definition) is 3. The number of nitrogens with one attached hydrogen (secondary N) is 2. The summed E-state index contributed by atoms with van der Waals surface area (Å²) in [4.78, 5) is 31.0. The molecule has 0 saturated heterocycles. The Kier molecular flexibility index (Phi) is 3.98. The van der Waals surface area contributed by atoms with Crippen LogP contribution in [0, 0.1) is 11.3 Å². The lowest BCUT2D eigenvalue weighted by molar-refractivity contribution is -0.123. The van der Waals surface area contributed by atoms with Crippen LogP contribution in [0.5, 0.6) is 0 Å². The number of nitrogens with zero attached hydrogens (tertiary/aromatic N) is 1. The Bertz CT molecular complexity index is 820. The minimum absolute atomic E-state index is 0.186. The normalized spacial score (nSPS) is 21.4. The quantitative estimate of drug-likeness (QED) is 0.779. The highest BCUT2D eigenvalue weighted by Gasteiger charge is 2.57. The molecule has 0 bridgehead atoms. The van der Waals surface area contributed by atoms with Crippen molar-refractivity contribution < 1.29 is 14.7 Å². The van der Waals surface area contributed by atoms with Gasteiger partial charge in [0.25, 0.3) is 0 Å². The van der Waals surface area contributed by atoms with Crippen molar-refractivity contribution in [2.24, 2.45) is 11.3 Å². The highest BCUT2D eigenvalue weighted by molar-refractivity contribution is 5.92. The molecule has 25 heavy (non-hydrogen) atoms. The van der Waals surface area contributed by atoms with Gasteiger partial charge >= 0.3 is 5.97 Å². The second-order valence-electron chi connectivity index (χ2n) is 7.44. The van der Waals surface area contributed by atoms with E-state index in [2.05, 4.69) is 15.3 Å². The Morgan fingerprint density at radius 1 is 1.28 bits per heavy atom. The number of imidazole rings is 1. The summed E-state index contributed by atoms with van der Waals surface area (Å²) in [6.07, 6.45) is 7.93. The summed E-state index contributed by atoms with van der Waals surface area (Å²) in [6.45, 7) is 0.553. The summed E-state index contributed by atoms with van der Waals surface area (Å²) >= 11 is 0. The zero-order valence-corrected chi connectivity index (χ0v) is 14.2. The predicted molar refractivity (Wildman–Crippen MR) is 93.4 cm³/mol. The molecule has 0 radical (unpaired) electrons. The molecule has 6 nitrogen and oxygen atoms in total. The molecule has 1 spiro atoms. The molecule has 2 aliphatic carbocycles. The molecule has 1 heterocycles. The Labute approximate surface area is 146 Å². The van der Waals surface area contributed by atoms with Crippen LogP contribution >= 0.6 is 0 Å². The van der Waals surface area contributed by atoms with Crippen molar-refractivity contribution >= 4 is 22.9 Å². The van der Waals surface area contributed by atoms with Crippen LogP contribution in [0.3, 0.4) is 0 Å². The van der Waals surface area contributed by atoms with E-state index in [4.69, 9.17) is 5.11 Å². The van der Waals surface area contributed by atoms with E-state index in [9.17, 15) is 9.59 Å². The zero-order valence-electron chi connectivity index (χ0n) is 14.2. The molecule has 1 aromatic heterocycles. The largest absolute Gasteiger partial charge is 0.478 e. The lowest BCUT2D eigenvalue weighted by Crippen LogP contribution is -2.30. The van der Waals surface area contributed by atoms with Crippen LogP contribution in [-0.4, -0.2) is 33.5 Å². The van der Waals surface area contributed by atoms with E-state index >= 15 is 0 Å². The summed E-state index contributed by atoms with van der Waals surface area (Å²) in [5.74, 6) is 0.208. The zero-order chi connectivity index (χ0) is 17.4. The third-order valence-electron chi connectivity index (χ3n) is 5.79. The molecule has 3 N–H and O–H groups in total. The molecule has 2 fully saturated rings. The molecular weight excluding hydrogens is 318 g/mol. The van der Waals surface area contributed by atoms with Gasteiger partial charge in [-0.15, -0.1) is 0 Å². The van der Waals surface area contributed by atoms with Crippen molar-refractivity contribution in [2.75, 3.05) is 6.54 Å². The van der Waals surface area contributed by atoms with E-state index in [1.54, 1.807) is 18.2 Å². The van der Waals surface area contributed by atoms with Gasteiger partial charge in [0.15, 0.2) is 0 Å². The number of aromatic carboxylic acids is 1. The lowest BCUT2D eigenvalue weighted by Gasteiger charge is -2.22. The first-order valence-corrected chi connectivity index (χ1v) is 9.07. The SMILES string of the molecule is O=C(O)c1ccc2nc(CCNC(=O)C3CC34CCCCC4)[nH]c2c1. The van der Waals surface area contributed by atoms with Crippen molar-refractivity contribution in [1.29, 1.82) is 0 Å². The van der Waals surface area contributed by atoms with Gasteiger partial charge in [0, 0.05) is 18.9 Å². The van der Waals surface area contributed by atoms with Crippen LogP contribution in [0.15, 0.2) is 18.2 Å². The van der Waals surface area contributed by atoms with Crippen molar-refractivity contribution in [1.82, 2.24) is 15.3 Å². The van der Waals surface area contributed by atoms with Gasteiger partial charge in [-0.3, -0.25) is 4.79 Å². The van der Waals surface area contributed by atoms with E-state index in [0.29, 0.717) is 23.9 Å². The third-order valence-corrected chi connectivity index (χ3v) is 5.79. The van der Waals surface area contributed by atoms with E-state index in [1.807, 2.05) is 0 Å². The average molecular weight is 341 g/mol. The fourth-order valence-electron chi connectivity index (χ4n) is 4.27. The number of benzene rings is 1. The number of hydrogen-bond acceptors (Lipinski definition) is 3. The van der Waals surface area contributed by atoms with Gasteiger partial charge in [-0.2, -0.15) is 0 Å². The van der Waals surface area contributed by atoms with E-state index in [0.717, 1.165) is 17.8 Å². The molecule has 2 aliphatic rings. The minimum Gasteiger partial charge on any atom is -0.478 e. The van der Waals surface area contributed by atoms with Crippen LogP contribution < -0.4 is 5.32 Å². The lowest BCUT2D eigenvalue weighted by atomic mass is 9.84. The first-order chi connectivity index (χ1) is 12.1. The summed E-state index contributed by atoms with van der Waals surface area (Å²) in [5.41, 5.74) is 2.01. The molecule has 0 aliphatic heterocycles. The minimum atomic E-state index is -0.952. The second-order valence-corrected chi connectivity index (χ2v) is 7.44. The number of amides is 1. The van der Waals surface area contributed by atoms with Gasteiger partial charge in [0.05, 0.1) is 16.6 Å². The number of H-pyrrole nitrogens is 1. The first kappa shape index (κ1) is 16.1. The van der Waals surface area contributed by atoms with Crippen molar-refractivity contribution in [3.8, 4) is 0 Å². The number of aromatic amines is 1. The van der Waals surface area contributed by atoms with Gasteiger partial charge in [0.2, 0.25) is 5.91 Å². The molecule has 6 heteroatoms. The standard InChI is InChI=1S/C19H23N3O3/c23-17(13-11-19(13)7-2-1-3-8-19)20-9-6-16-21-14-5-4-12(18(24)25)10-15(14)22-16/h4-5,10,13H,1-3,6-9,11H2,(H,20,23)(H,21,22)(H,24,25). The molecular formula is C19H23N3O3. The molecule has 1 amide bonds. The first-order valence-electron chi connectivity index (χ1n) is 9.07. The van der Waals surface area contributed by atoms with Gasteiger partial charge in [0.1, 0.15) is 5.82 Å². The van der Waals surface area contributed by atoms with Crippen molar-refractivity contribution in [3.05, 3.63) is 29.6 Å². The number of carbonyl (C=O) groups excluding carboxylic acids is 1. The van der Waals surface area contributed by atoms with Crippen LogP contribution in [0.1, 0.15) is 54.7 Å². The van der Waals surface area contributed by atoms with E-state index < -0.39 is 5.97 Å². The number of carboxylic acids is 1. The van der Waals surface area contributed by atoms with Crippen LogP contribution in [0.4, 0.5) is 0 Å². The van der Waals surface area contributed by atoms with E-state index in [-0.39, 0.29) is 17.4 Å². The number of fused-ring (bicyclic) bond motifs is 1. The topological polar surface area (TPSA) is 95.1 Å². The number of aromatic nitrogens is 2. The summed E-state index contributed by atoms with van der Waals surface area (Å²) in [6, 6.07) is 4.84. The maximum atomic E-state index is 12.4. The molecule has 1 aromatic carbocycles. The van der Waals surface area contributed by atoms with Crippen molar-refractivity contribution in [2.45, 2.75) is 44.9 Å². The van der Waals surface area contributed by atoms with Gasteiger partial charge in [-0.1, -0.05) is 19.3 Å². The molecule has 1 atom stereocenters.